The molecule has 1 fully saturated rings. The van der Waals surface area contributed by atoms with Gasteiger partial charge >= 0.3 is 0 Å². The molecule has 31 heavy (non-hydrogen) atoms. The number of nitrogens with zero attached hydrogens (tertiary/aromatic N) is 7. The molecule has 9 heteroatoms. The van der Waals surface area contributed by atoms with Gasteiger partial charge in [-0.1, -0.05) is 37.3 Å². The topological polar surface area (TPSA) is 93.2 Å². The maximum Gasteiger partial charge on any atom is 0.269 e. The first kappa shape index (κ1) is 20.9. The number of anilines is 1. The summed E-state index contributed by atoms with van der Waals surface area (Å²) in [6.07, 6.45) is 1.83. The smallest absolute Gasteiger partial charge is 0.269 e. The van der Waals surface area contributed by atoms with E-state index in [2.05, 4.69) is 56.5 Å². The molecule has 9 nitrogen and oxygen atoms in total. The van der Waals surface area contributed by atoms with Gasteiger partial charge in [0.2, 0.25) is 0 Å². The standard InChI is InChI=1S/C22H27N7O2/c1-2-21(22-23-24-25-28(22)13-12-18-6-4-3-5-7-18)27-16-14-26(15-17-27)19-8-10-20(11-9-19)29(30)31/h3-11,21H,2,12-17H2,1H3. The van der Waals surface area contributed by atoms with Crippen LogP contribution in [0.25, 0.3) is 0 Å². The minimum Gasteiger partial charge on any atom is -0.369 e. The number of benzene rings is 2. The van der Waals surface area contributed by atoms with Crippen molar-refractivity contribution in [3.8, 4) is 0 Å². The van der Waals surface area contributed by atoms with Gasteiger partial charge < -0.3 is 4.90 Å². The highest BCUT2D eigenvalue weighted by Gasteiger charge is 2.28. The minimum atomic E-state index is -0.366. The average molecular weight is 422 g/mol. The van der Waals surface area contributed by atoms with Crippen molar-refractivity contribution < 1.29 is 4.92 Å². The Labute approximate surface area is 181 Å². The Morgan fingerprint density at radius 1 is 1.03 bits per heavy atom. The molecule has 1 aliphatic rings. The summed E-state index contributed by atoms with van der Waals surface area (Å²) in [4.78, 5) is 15.2. The number of aromatic nitrogens is 4. The number of rotatable bonds is 8. The fraction of sp³-hybridized carbons (Fsp3) is 0.409. The van der Waals surface area contributed by atoms with Gasteiger partial charge in [-0.15, -0.1) is 5.10 Å². The summed E-state index contributed by atoms with van der Waals surface area (Å²) in [5, 5.41) is 23.4. The molecule has 0 aliphatic carbocycles. The average Bonchev–Trinajstić information content (AvgIpc) is 3.28. The van der Waals surface area contributed by atoms with Crippen molar-refractivity contribution in [3.05, 3.63) is 76.1 Å². The van der Waals surface area contributed by atoms with Crippen LogP contribution in [0.3, 0.4) is 0 Å². The molecular weight excluding hydrogens is 394 g/mol. The number of aryl methyl sites for hydroxylation is 2. The van der Waals surface area contributed by atoms with Crippen LogP contribution in [0.2, 0.25) is 0 Å². The molecule has 0 amide bonds. The van der Waals surface area contributed by atoms with Crippen LogP contribution >= 0.6 is 0 Å². The fourth-order valence-electron chi connectivity index (χ4n) is 4.17. The lowest BCUT2D eigenvalue weighted by atomic mass is 10.1. The third-order valence-electron chi connectivity index (χ3n) is 5.88. The highest BCUT2D eigenvalue weighted by molar-refractivity contribution is 5.51. The summed E-state index contributed by atoms with van der Waals surface area (Å²) in [7, 11) is 0. The number of non-ortho nitro benzene ring substituents is 1. The van der Waals surface area contributed by atoms with Gasteiger partial charge in [-0.2, -0.15) is 0 Å². The van der Waals surface area contributed by atoms with Crippen molar-refractivity contribution >= 4 is 11.4 Å². The Balaban J connectivity index is 1.38. The zero-order valence-electron chi connectivity index (χ0n) is 17.7. The molecule has 0 bridgehead atoms. The van der Waals surface area contributed by atoms with Gasteiger partial charge in [-0.05, 0) is 41.0 Å². The third kappa shape index (κ3) is 4.88. The summed E-state index contributed by atoms with van der Waals surface area (Å²) >= 11 is 0. The van der Waals surface area contributed by atoms with Gasteiger partial charge in [0, 0.05) is 50.5 Å². The van der Waals surface area contributed by atoms with Crippen LogP contribution in [-0.2, 0) is 13.0 Å². The Hall–Kier alpha value is -3.33. The van der Waals surface area contributed by atoms with Crippen molar-refractivity contribution in [2.75, 3.05) is 31.1 Å². The number of hydrogen-bond donors (Lipinski definition) is 0. The molecule has 0 saturated carbocycles. The number of nitro groups is 1. The van der Waals surface area contributed by atoms with Gasteiger partial charge in [-0.3, -0.25) is 15.0 Å². The molecule has 4 rings (SSSR count). The monoisotopic (exact) mass is 421 g/mol. The van der Waals surface area contributed by atoms with Crippen LogP contribution in [-0.4, -0.2) is 56.2 Å². The predicted octanol–water partition coefficient (Wildman–Crippen LogP) is 3.10. The van der Waals surface area contributed by atoms with E-state index in [0.717, 1.165) is 57.1 Å². The normalized spacial score (nSPS) is 15.7. The molecule has 1 saturated heterocycles. The number of piperazine rings is 1. The molecule has 3 aromatic rings. The number of hydrogen-bond acceptors (Lipinski definition) is 7. The molecule has 0 spiro atoms. The predicted molar refractivity (Wildman–Crippen MR) is 118 cm³/mol. The quantitative estimate of drug-likeness (QED) is 0.407. The van der Waals surface area contributed by atoms with E-state index < -0.39 is 0 Å². The van der Waals surface area contributed by atoms with Crippen LogP contribution in [0.15, 0.2) is 54.6 Å². The summed E-state index contributed by atoms with van der Waals surface area (Å²) in [5.74, 6) is 0.919. The molecule has 1 aromatic heterocycles. The molecule has 0 N–H and O–H groups in total. The van der Waals surface area contributed by atoms with Crippen LogP contribution in [0, 0.1) is 10.1 Å². The van der Waals surface area contributed by atoms with Crippen molar-refractivity contribution in [3.63, 3.8) is 0 Å². The third-order valence-corrected chi connectivity index (χ3v) is 5.88. The lowest BCUT2D eigenvalue weighted by Crippen LogP contribution is -2.48. The van der Waals surface area contributed by atoms with E-state index in [1.165, 1.54) is 5.56 Å². The lowest BCUT2D eigenvalue weighted by molar-refractivity contribution is -0.384. The second-order valence-corrected chi connectivity index (χ2v) is 7.72. The van der Waals surface area contributed by atoms with E-state index in [9.17, 15) is 10.1 Å². The summed E-state index contributed by atoms with van der Waals surface area (Å²) < 4.78 is 1.93. The van der Waals surface area contributed by atoms with Crippen LogP contribution in [0.1, 0.15) is 30.8 Å². The number of nitro benzene ring substituents is 1. The Kier molecular flexibility index (Phi) is 6.51. The fourth-order valence-corrected chi connectivity index (χ4v) is 4.17. The maximum absolute atomic E-state index is 10.9. The zero-order chi connectivity index (χ0) is 21.6. The van der Waals surface area contributed by atoms with Gasteiger partial charge in [0.15, 0.2) is 5.82 Å². The number of tetrazole rings is 1. The molecule has 2 heterocycles. The van der Waals surface area contributed by atoms with E-state index in [0.29, 0.717) is 0 Å². The lowest BCUT2D eigenvalue weighted by Gasteiger charge is -2.39. The zero-order valence-corrected chi connectivity index (χ0v) is 17.7. The SMILES string of the molecule is CCC(c1nnnn1CCc1ccccc1)N1CCN(c2ccc([N+](=O)[O-])cc2)CC1. The van der Waals surface area contributed by atoms with Crippen molar-refractivity contribution in [2.45, 2.75) is 32.4 Å². The van der Waals surface area contributed by atoms with Gasteiger partial charge in [0.05, 0.1) is 11.0 Å². The van der Waals surface area contributed by atoms with Crippen LogP contribution in [0.5, 0.6) is 0 Å². The summed E-state index contributed by atoms with van der Waals surface area (Å²) in [6, 6.07) is 17.3. The van der Waals surface area contributed by atoms with E-state index in [-0.39, 0.29) is 16.7 Å². The Morgan fingerprint density at radius 3 is 2.39 bits per heavy atom. The van der Waals surface area contributed by atoms with Gasteiger partial charge in [-0.25, -0.2) is 4.68 Å². The van der Waals surface area contributed by atoms with Gasteiger partial charge in [0.25, 0.3) is 5.69 Å². The molecule has 2 aromatic carbocycles. The van der Waals surface area contributed by atoms with E-state index in [4.69, 9.17) is 0 Å². The minimum absolute atomic E-state index is 0.121. The second-order valence-electron chi connectivity index (χ2n) is 7.72. The molecular formula is C22H27N7O2. The first-order valence-electron chi connectivity index (χ1n) is 10.7. The van der Waals surface area contributed by atoms with Gasteiger partial charge in [0.1, 0.15) is 0 Å². The molecule has 1 unspecified atom stereocenters. The highest BCUT2D eigenvalue weighted by atomic mass is 16.6. The van der Waals surface area contributed by atoms with Crippen molar-refractivity contribution in [2.24, 2.45) is 0 Å². The maximum atomic E-state index is 10.9. The van der Waals surface area contributed by atoms with E-state index in [1.807, 2.05) is 22.9 Å². The largest absolute Gasteiger partial charge is 0.369 e. The second kappa shape index (κ2) is 9.65. The molecule has 162 valence electrons. The molecule has 0 radical (unpaired) electrons. The molecule has 1 aliphatic heterocycles. The van der Waals surface area contributed by atoms with Crippen LogP contribution in [0.4, 0.5) is 11.4 Å². The van der Waals surface area contributed by atoms with Crippen molar-refractivity contribution in [1.29, 1.82) is 0 Å². The van der Waals surface area contributed by atoms with Crippen LogP contribution < -0.4 is 4.90 Å². The molecule has 1 atom stereocenters. The first-order chi connectivity index (χ1) is 15.2. The highest BCUT2D eigenvalue weighted by Crippen LogP contribution is 2.26. The summed E-state index contributed by atoms with van der Waals surface area (Å²) in [5.41, 5.74) is 2.41. The summed E-state index contributed by atoms with van der Waals surface area (Å²) in [6.45, 7) is 6.43. The van der Waals surface area contributed by atoms with E-state index in [1.54, 1.807) is 12.1 Å². The Bertz CT molecular complexity index is 983. The van der Waals surface area contributed by atoms with Crippen molar-refractivity contribution in [1.82, 2.24) is 25.1 Å². The Morgan fingerprint density at radius 2 is 1.74 bits per heavy atom. The first-order valence-corrected chi connectivity index (χ1v) is 10.7. The van der Waals surface area contributed by atoms with E-state index >= 15 is 0 Å².